The molecule has 0 aliphatic carbocycles. The fourth-order valence-electron chi connectivity index (χ4n) is 1.85. The number of nitrogen functional groups attached to an aromatic ring is 1. The maximum Gasteiger partial charge on any atom is 0.227 e. The number of hydrogen-bond acceptors (Lipinski definition) is 5. The lowest BCUT2D eigenvalue weighted by atomic mass is 10.1. The van der Waals surface area contributed by atoms with Crippen LogP contribution in [-0.4, -0.2) is 42.4 Å². The van der Waals surface area contributed by atoms with E-state index in [-0.39, 0.29) is 18.5 Å². The van der Waals surface area contributed by atoms with Crippen molar-refractivity contribution in [1.82, 2.24) is 9.97 Å². The lowest BCUT2D eigenvalue weighted by molar-refractivity contribution is 0.0194. The molecule has 7 heteroatoms. The molecule has 0 amide bonds. The number of nitrogens with zero attached hydrogens (tertiary/aromatic N) is 3. The van der Waals surface area contributed by atoms with Gasteiger partial charge >= 0.3 is 0 Å². The zero-order valence-corrected chi connectivity index (χ0v) is 10.2. The van der Waals surface area contributed by atoms with Gasteiger partial charge in [-0.25, -0.2) is 9.37 Å². The van der Waals surface area contributed by atoms with Gasteiger partial charge in [-0.1, -0.05) is 11.6 Å². The molecule has 2 heterocycles. The Balaban J connectivity index is 2.11. The molecule has 0 bridgehead atoms. The van der Waals surface area contributed by atoms with Gasteiger partial charge in [0.15, 0.2) is 0 Å². The first-order chi connectivity index (χ1) is 8.11. The van der Waals surface area contributed by atoms with E-state index in [1.165, 1.54) is 13.3 Å². The average Bonchev–Trinajstić information content (AvgIpc) is 2.32. The van der Waals surface area contributed by atoms with E-state index < -0.39 is 6.17 Å². The number of alkyl halides is 1. The summed E-state index contributed by atoms with van der Waals surface area (Å²) in [5.74, 6) is 0.616. The van der Waals surface area contributed by atoms with Gasteiger partial charge in [-0.15, -0.1) is 0 Å². The van der Waals surface area contributed by atoms with Crippen LogP contribution in [0.4, 0.5) is 16.2 Å². The summed E-state index contributed by atoms with van der Waals surface area (Å²) in [6.07, 6.45) is 0.628. The molecule has 94 valence electrons. The minimum atomic E-state index is -1.05. The largest absolute Gasteiger partial charge is 0.382 e. The smallest absolute Gasteiger partial charge is 0.227 e. The van der Waals surface area contributed by atoms with Crippen molar-refractivity contribution >= 4 is 23.4 Å². The molecule has 2 atom stereocenters. The van der Waals surface area contributed by atoms with Gasteiger partial charge in [-0.3, -0.25) is 0 Å². The van der Waals surface area contributed by atoms with Crippen LogP contribution in [0.25, 0.3) is 0 Å². The van der Waals surface area contributed by atoms with Gasteiger partial charge in [-0.2, -0.15) is 4.98 Å². The second kappa shape index (κ2) is 5.01. The normalized spacial score (nSPS) is 25.0. The molecule has 1 aromatic heterocycles. The Labute approximate surface area is 104 Å². The first-order valence-corrected chi connectivity index (χ1v) is 5.69. The molecular weight excluding hydrogens is 247 g/mol. The third-order valence-corrected chi connectivity index (χ3v) is 3.12. The second-order valence-electron chi connectivity index (χ2n) is 3.93. The van der Waals surface area contributed by atoms with E-state index in [1.807, 2.05) is 0 Å². The number of aromatic nitrogens is 2. The van der Waals surface area contributed by atoms with Crippen molar-refractivity contribution in [3.63, 3.8) is 0 Å². The first-order valence-electron chi connectivity index (χ1n) is 5.31. The van der Waals surface area contributed by atoms with Gasteiger partial charge in [0.05, 0.1) is 18.8 Å². The highest BCUT2D eigenvalue weighted by Crippen LogP contribution is 2.23. The molecule has 0 aromatic carbocycles. The van der Waals surface area contributed by atoms with Crippen LogP contribution >= 0.6 is 11.6 Å². The van der Waals surface area contributed by atoms with Crippen molar-refractivity contribution in [2.75, 3.05) is 30.8 Å². The Morgan fingerprint density at radius 2 is 2.41 bits per heavy atom. The summed E-state index contributed by atoms with van der Waals surface area (Å²) in [6, 6.07) is 0. The maximum atomic E-state index is 13.7. The molecule has 1 fully saturated rings. The van der Waals surface area contributed by atoms with E-state index in [4.69, 9.17) is 22.1 Å². The summed E-state index contributed by atoms with van der Waals surface area (Å²) in [6.45, 7) is 0.847. The summed E-state index contributed by atoms with van der Waals surface area (Å²) in [4.78, 5) is 9.82. The molecule has 0 unspecified atom stereocenters. The van der Waals surface area contributed by atoms with Gasteiger partial charge in [0, 0.05) is 13.7 Å². The molecule has 0 saturated carbocycles. The second-order valence-corrected chi connectivity index (χ2v) is 4.34. The molecule has 0 spiro atoms. The molecule has 1 aromatic rings. The number of anilines is 2. The molecule has 17 heavy (non-hydrogen) atoms. The Morgan fingerprint density at radius 1 is 1.65 bits per heavy atom. The number of rotatable bonds is 2. The number of nitrogens with two attached hydrogens (primary N) is 1. The zero-order chi connectivity index (χ0) is 12.4. The molecule has 2 N–H and O–H groups in total. The number of ether oxygens (including phenoxy) is 1. The van der Waals surface area contributed by atoms with E-state index >= 15 is 0 Å². The highest BCUT2D eigenvalue weighted by Gasteiger charge is 2.30. The Kier molecular flexibility index (Phi) is 3.63. The highest BCUT2D eigenvalue weighted by molar-refractivity contribution is 6.32. The van der Waals surface area contributed by atoms with Crippen LogP contribution in [0, 0.1) is 0 Å². The van der Waals surface area contributed by atoms with Crippen LogP contribution in [0.1, 0.15) is 6.42 Å². The monoisotopic (exact) mass is 260 g/mol. The average molecular weight is 261 g/mol. The number of hydrogen-bond donors (Lipinski definition) is 1. The van der Waals surface area contributed by atoms with Crippen LogP contribution in [0.5, 0.6) is 0 Å². The topological polar surface area (TPSA) is 64.3 Å². The Bertz CT molecular complexity index is 406. The number of piperidine rings is 1. The summed E-state index contributed by atoms with van der Waals surface area (Å²) in [5.41, 5.74) is 5.59. The van der Waals surface area contributed by atoms with Crippen molar-refractivity contribution in [3.05, 3.63) is 11.2 Å². The van der Waals surface area contributed by atoms with Crippen molar-refractivity contribution in [2.45, 2.75) is 18.7 Å². The van der Waals surface area contributed by atoms with Gasteiger partial charge in [0.1, 0.15) is 17.0 Å². The standard InChI is InChI=1S/C10H14ClFN4O/c1-17-8-2-3-16(5-7(8)12)10-14-4-6(11)9(13)15-10/h4,7-8H,2-3,5H2,1H3,(H2,13,14,15)/t7-,8+/m1/s1. The van der Waals surface area contributed by atoms with Crippen molar-refractivity contribution in [1.29, 1.82) is 0 Å². The van der Waals surface area contributed by atoms with Gasteiger partial charge in [0.2, 0.25) is 5.95 Å². The number of halogens is 2. The molecular formula is C10H14ClFN4O. The first kappa shape index (κ1) is 12.3. The summed E-state index contributed by atoms with van der Waals surface area (Å²) >= 11 is 5.73. The lowest BCUT2D eigenvalue weighted by Crippen LogP contribution is -2.46. The predicted molar refractivity (Wildman–Crippen MR) is 64.0 cm³/mol. The van der Waals surface area contributed by atoms with Gasteiger partial charge in [0.25, 0.3) is 0 Å². The van der Waals surface area contributed by atoms with Crippen LogP contribution in [-0.2, 0) is 4.74 Å². The quantitative estimate of drug-likeness (QED) is 0.868. The van der Waals surface area contributed by atoms with Crippen molar-refractivity contribution < 1.29 is 9.13 Å². The minimum absolute atomic E-state index is 0.208. The third kappa shape index (κ3) is 2.58. The summed E-state index contributed by atoms with van der Waals surface area (Å²) < 4.78 is 18.7. The highest BCUT2D eigenvalue weighted by atomic mass is 35.5. The predicted octanol–water partition coefficient (Wildman–Crippen LogP) is 1.28. The fourth-order valence-corrected chi connectivity index (χ4v) is 1.94. The lowest BCUT2D eigenvalue weighted by Gasteiger charge is -2.33. The van der Waals surface area contributed by atoms with Crippen LogP contribution < -0.4 is 10.6 Å². The van der Waals surface area contributed by atoms with Gasteiger partial charge in [-0.05, 0) is 6.42 Å². The van der Waals surface area contributed by atoms with Crippen molar-refractivity contribution in [2.24, 2.45) is 0 Å². The van der Waals surface area contributed by atoms with E-state index in [2.05, 4.69) is 9.97 Å². The Morgan fingerprint density at radius 3 is 3.00 bits per heavy atom. The maximum absolute atomic E-state index is 13.7. The molecule has 1 aliphatic rings. The fraction of sp³-hybridized carbons (Fsp3) is 0.600. The molecule has 0 radical (unpaired) electrons. The third-order valence-electron chi connectivity index (χ3n) is 2.83. The molecule has 5 nitrogen and oxygen atoms in total. The van der Waals surface area contributed by atoms with E-state index in [9.17, 15) is 4.39 Å². The molecule has 1 saturated heterocycles. The van der Waals surface area contributed by atoms with Crippen LogP contribution in [0.15, 0.2) is 6.20 Å². The van der Waals surface area contributed by atoms with Crippen LogP contribution in [0.2, 0.25) is 5.02 Å². The zero-order valence-electron chi connectivity index (χ0n) is 9.44. The van der Waals surface area contributed by atoms with E-state index in [1.54, 1.807) is 4.90 Å². The Hall–Kier alpha value is -1.14. The molecule has 1 aliphatic heterocycles. The minimum Gasteiger partial charge on any atom is -0.382 e. The van der Waals surface area contributed by atoms with E-state index in [0.29, 0.717) is 23.9 Å². The summed E-state index contributed by atoms with van der Waals surface area (Å²) in [5, 5.41) is 0.303. The molecule has 2 rings (SSSR count). The van der Waals surface area contributed by atoms with Crippen molar-refractivity contribution in [3.8, 4) is 0 Å². The van der Waals surface area contributed by atoms with Crippen LogP contribution in [0.3, 0.4) is 0 Å². The van der Waals surface area contributed by atoms with Gasteiger partial charge < -0.3 is 15.4 Å². The summed E-state index contributed by atoms with van der Waals surface area (Å²) in [7, 11) is 1.52. The van der Waals surface area contributed by atoms with E-state index in [0.717, 1.165) is 0 Å². The SMILES string of the molecule is CO[C@H]1CCN(c2ncc(Cl)c(N)n2)C[C@H]1F. The number of methoxy groups -OCH3 is 1.